The Morgan fingerprint density at radius 2 is 1.66 bits per heavy atom. The number of benzene rings is 4. The topological polar surface area (TPSA) is 41.6 Å². The van der Waals surface area contributed by atoms with Gasteiger partial charge in [-0.2, -0.15) is 0 Å². The van der Waals surface area contributed by atoms with E-state index >= 15 is 0 Å². The maximum atomic E-state index is 13.9. The molecule has 1 saturated carbocycles. The van der Waals surface area contributed by atoms with Crippen LogP contribution in [0.1, 0.15) is 43.7 Å². The van der Waals surface area contributed by atoms with Gasteiger partial charge >= 0.3 is 0 Å². The van der Waals surface area contributed by atoms with Crippen LogP contribution in [0.2, 0.25) is 0 Å². The highest BCUT2D eigenvalue weighted by Gasteiger charge is 2.42. The molecule has 4 aromatic carbocycles. The summed E-state index contributed by atoms with van der Waals surface area (Å²) in [5, 5.41) is 6.07. The van der Waals surface area contributed by atoms with E-state index in [4.69, 9.17) is 4.74 Å². The van der Waals surface area contributed by atoms with Crippen LogP contribution in [0.25, 0.3) is 16.8 Å². The van der Waals surface area contributed by atoms with Crippen LogP contribution in [0.5, 0.6) is 5.75 Å². The van der Waals surface area contributed by atoms with Crippen molar-refractivity contribution in [2.75, 3.05) is 5.32 Å². The molecule has 3 atom stereocenters. The van der Waals surface area contributed by atoms with Crippen molar-refractivity contribution in [3.63, 3.8) is 0 Å². The second kappa shape index (κ2) is 13.0. The number of thioether (sulfide) groups is 1. The number of ether oxygens (including phenoxy) is 1. The fourth-order valence-electron chi connectivity index (χ4n) is 5.89. The van der Waals surface area contributed by atoms with Gasteiger partial charge in [0.25, 0.3) is 5.91 Å². The Morgan fingerprint density at radius 3 is 2.44 bits per heavy atom. The van der Waals surface area contributed by atoms with Crippen LogP contribution in [-0.2, 0) is 11.4 Å². The van der Waals surface area contributed by atoms with E-state index in [1.165, 1.54) is 35.6 Å². The highest BCUT2D eigenvalue weighted by Crippen LogP contribution is 2.42. The van der Waals surface area contributed by atoms with Crippen LogP contribution in [0.4, 0.5) is 5.69 Å². The first-order valence-corrected chi connectivity index (χ1v) is 17.1. The molecule has 0 spiro atoms. The van der Waals surface area contributed by atoms with Crippen molar-refractivity contribution in [2.24, 2.45) is 5.92 Å². The molecule has 1 amide bonds. The van der Waals surface area contributed by atoms with Gasteiger partial charge in [-0.05, 0) is 116 Å². The minimum atomic E-state index is -0.122. The summed E-state index contributed by atoms with van der Waals surface area (Å²) in [4.78, 5) is 16.8. The van der Waals surface area contributed by atoms with Crippen molar-refractivity contribution in [1.82, 2.24) is 4.90 Å². The second-order valence-electron chi connectivity index (χ2n) is 10.8. The molecule has 0 bridgehead atoms. The molecular weight excluding hydrogens is 754 g/mol. The van der Waals surface area contributed by atoms with Crippen molar-refractivity contribution < 1.29 is 9.53 Å². The Bertz CT molecular complexity index is 1560. The van der Waals surface area contributed by atoms with Gasteiger partial charge in [0.2, 0.25) is 0 Å². The van der Waals surface area contributed by atoms with Gasteiger partial charge in [-0.25, -0.2) is 0 Å². The number of fused-ring (bicyclic) bond motifs is 1. The lowest BCUT2D eigenvalue weighted by molar-refractivity contribution is -0.129. The Labute approximate surface area is 273 Å². The lowest BCUT2D eigenvalue weighted by atomic mass is 9.85. The molecule has 1 saturated heterocycles. The first-order chi connectivity index (χ1) is 20.0. The van der Waals surface area contributed by atoms with E-state index in [0.29, 0.717) is 12.5 Å². The van der Waals surface area contributed by atoms with Gasteiger partial charge in [-0.3, -0.25) is 4.79 Å². The fraction of sp³-hybridized carbons (Fsp3) is 0.265. The summed E-state index contributed by atoms with van der Waals surface area (Å²) >= 11 is 6.33. The van der Waals surface area contributed by atoms with Gasteiger partial charge in [-0.15, -0.1) is 0 Å². The molecule has 1 N–H and O–H groups in total. The highest BCUT2D eigenvalue weighted by molar-refractivity contribution is 14.1. The number of rotatable bonds is 7. The maximum Gasteiger partial charge on any atom is 0.262 e. The Morgan fingerprint density at radius 1 is 0.951 bits per heavy atom. The van der Waals surface area contributed by atoms with E-state index in [1.54, 1.807) is 11.8 Å². The third-order valence-electron chi connectivity index (χ3n) is 7.99. The van der Waals surface area contributed by atoms with Gasteiger partial charge in [0.15, 0.2) is 5.50 Å². The summed E-state index contributed by atoms with van der Waals surface area (Å²) in [5.41, 5.74) is 3.10. The molecule has 2 fully saturated rings. The van der Waals surface area contributed by atoms with Gasteiger partial charge in [-0.1, -0.05) is 92.2 Å². The van der Waals surface area contributed by atoms with Crippen LogP contribution in [-0.4, -0.2) is 22.3 Å². The van der Waals surface area contributed by atoms with Crippen LogP contribution in [0.15, 0.2) is 89.8 Å². The molecule has 1 aliphatic heterocycles. The normalized spacial score (nSPS) is 21.9. The Balaban J connectivity index is 1.24. The third kappa shape index (κ3) is 6.41. The number of carbonyl (C=O) groups excluding carboxylic acids is 1. The van der Waals surface area contributed by atoms with E-state index in [2.05, 4.69) is 135 Å². The van der Waals surface area contributed by atoms with E-state index in [0.717, 1.165) is 35.5 Å². The standard InChI is InChI=1S/C34H32I2N2O2S/c1-22-10-5-8-17-30(22)38-33(39)31(41-34(38)37-26-14-3-2-4-15-26)20-23-18-28(35)32(29(36)19-23)40-21-25-13-9-12-24-11-6-7-16-27(24)25/h2-4,6-7,9,11-16,18-20,22,30,34,37H,5,8,10,17,21H2,1H3/b31-20-/t22-,30+,34?/m0/s1. The second-order valence-corrected chi connectivity index (χ2v) is 14.2. The number of carbonyl (C=O) groups is 1. The van der Waals surface area contributed by atoms with E-state index in [1.807, 2.05) is 18.2 Å². The summed E-state index contributed by atoms with van der Waals surface area (Å²) in [7, 11) is 0. The van der Waals surface area contributed by atoms with Crippen molar-refractivity contribution in [3.05, 3.63) is 108 Å². The van der Waals surface area contributed by atoms with Crippen LogP contribution in [0, 0.1) is 13.1 Å². The largest absolute Gasteiger partial charge is 0.487 e. The summed E-state index contributed by atoms with van der Waals surface area (Å²) in [6.07, 6.45) is 6.72. The third-order valence-corrected chi connectivity index (χ3v) is 10.7. The SMILES string of the molecule is C[C@H]1CCCC[C@H]1N1C(=O)/C(=C/c2cc(I)c(OCc3cccc4ccccc34)c(I)c2)SC1Nc1ccccc1. The molecule has 1 unspecified atom stereocenters. The van der Waals surface area contributed by atoms with Crippen molar-refractivity contribution >= 4 is 85.4 Å². The number of para-hydroxylation sites is 1. The molecule has 1 heterocycles. The summed E-state index contributed by atoms with van der Waals surface area (Å²) in [6, 6.07) is 29.5. The predicted octanol–water partition coefficient (Wildman–Crippen LogP) is 9.52. The van der Waals surface area contributed by atoms with E-state index < -0.39 is 0 Å². The number of nitrogens with one attached hydrogen (secondary N) is 1. The molecule has 210 valence electrons. The number of halogens is 2. The highest BCUT2D eigenvalue weighted by atomic mass is 127. The van der Waals surface area contributed by atoms with E-state index in [9.17, 15) is 4.79 Å². The quantitative estimate of drug-likeness (QED) is 0.150. The number of anilines is 1. The first-order valence-electron chi connectivity index (χ1n) is 14.1. The van der Waals surface area contributed by atoms with Crippen LogP contribution in [0.3, 0.4) is 0 Å². The zero-order valence-corrected chi connectivity index (χ0v) is 28.0. The Kier molecular flexibility index (Phi) is 9.12. The summed E-state index contributed by atoms with van der Waals surface area (Å²) < 4.78 is 8.45. The number of amides is 1. The molecular formula is C34H32I2N2O2S. The average molecular weight is 787 g/mol. The predicted molar refractivity (Wildman–Crippen MR) is 188 cm³/mol. The average Bonchev–Trinajstić information content (AvgIpc) is 3.27. The Hall–Kier alpha value is -2.24. The number of nitrogens with zero attached hydrogens (tertiary/aromatic N) is 1. The van der Waals surface area contributed by atoms with Crippen LogP contribution >= 0.6 is 56.9 Å². The maximum absolute atomic E-state index is 13.9. The fourth-order valence-corrected chi connectivity index (χ4v) is 9.23. The van der Waals surface area contributed by atoms with Crippen LogP contribution < -0.4 is 10.1 Å². The van der Waals surface area contributed by atoms with Gasteiger partial charge in [0, 0.05) is 11.7 Å². The molecule has 4 nitrogen and oxygen atoms in total. The molecule has 1 aliphatic carbocycles. The van der Waals surface area contributed by atoms with Gasteiger partial charge < -0.3 is 15.0 Å². The summed E-state index contributed by atoms with van der Waals surface area (Å²) in [6.45, 7) is 2.80. The molecule has 41 heavy (non-hydrogen) atoms. The summed E-state index contributed by atoms with van der Waals surface area (Å²) in [5.74, 6) is 1.50. The van der Waals surface area contributed by atoms with E-state index in [-0.39, 0.29) is 17.4 Å². The first kappa shape index (κ1) is 28.9. The molecule has 0 aromatic heterocycles. The smallest absolute Gasteiger partial charge is 0.262 e. The monoisotopic (exact) mass is 786 g/mol. The van der Waals surface area contributed by atoms with Gasteiger partial charge in [0.05, 0.1) is 12.0 Å². The number of hydrogen-bond donors (Lipinski definition) is 1. The lowest BCUT2D eigenvalue weighted by Crippen LogP contribution is -2.48. The van der Waals surface area contributed by atoms with Crippen molar-refractivity contribution in [1.29, 1.82) is 0 Å². The lowest BCUT2D eigenvalue weighted by Gasteiger charge is -2.39. The molecule has 6 rings (SSSR count). The zero-order valence-electron chi connectivity index (χ0n) is 22.9. The zero-order chi connectivity index (χ0) is 28.3. The molecule has 7 heteroatoms. The van der Waals surface area contributed by atoms with Gasteiger partial charge in [0.1, 0.15) is 12.4 Å². The molecule has 2 aliphatic rings. The number of hydrogen-bond acceptors (Lipinski definition) is 4. The minimum absolute atomic E-state index is 0.122. The van der Waals surface area contributed by atoms with Crippen molar-refractivity contribution in [3.8, 4) is 5.75 Å². The van der Waals surface area contributed by atoms with Crippen molar-refractivity contribution in [2.45, 2.75) is 50.8 Å². The molecule has 4 aromatic rings. The minimum Gasteiger partial charge on any atom is -0.487 e. The molecule has 0 radical (unpaired) electrons.